The van der Waals surface area contributed by atoms with Crippen LogP contribution in [0.2, 0.25) is 0 Å². The molecular weight excluding hydrogens is 678 g/mol. The molecule has 294 valence electrons. The number of fused-ring (bicyclic) bond motifs is 4. The zero-order valence-electron chi connectivity index (χ0n) is 33.9. The number of rotatable bonds is 8. The summed E-state index contributed by atoms with van der Waals surface area (Å²) < 4.78 is 13.2. The SMILES string of the molecule is C=O.CC.CC.CCC(C)(C=O)c1cc2n(c(=O)c1COC)Cc1cc3c(CN(C)C)c(OC(=O)N4CCN(C(C)(C)C)CC4)ccc3nc1-2.O=CO. The molecule has 1 N–H and O–H groups in total. The molecule has 2 aliphatic rings. The van der Waals surface area contributed by atoms with Gasteiger partial charge in [-0.3, -0.25) is 14.5 Å². The minimum Gasteiger partial charge on any atom is -0.483 e. The van der Waals surface area contributed by atoms with Crippen molar-refractivity contribution in [2.45, 2.75) is 99.4 Å². The predicted molar refractivity (Wildman–Crippen MR) is 210 cm³/mol. The van der Waals surface area contributed by atoms with Crippen LogP contribution in [0.3, 0.4) is 0 Å². The third-order valence-electron chi connectivity index (χ3n) is 9.17. The number of nitrogens with zero attached hydrogens (tertiary/aromatic N) is 5. The second kappa shape index (κ2) is 21.3. The molecule has 0 aliphatic carbocycles. The minimum absolute atomic E-state index is 0.0579. The topological polar surface area (TPSA) is 152 Å². The summed E-state index contributed by atoms with van der Waals surface area (Å²) in [6.45, 7) is 24.0. The number of pyridine rings is 2. The van der Waals surface area contributed by atoms with E-state index in [1.165, 1.54) is 0 Å². The number of carbonyl (C=O) groups is 4. The Morgan fingerprint density at radius 3 is 2.08 bits per heavy atom. The molecule has 0 saturated carbocycles. The Balaban J connectivity index is 0.00000144. The van der Waals surface area contributed by atoms with Crippen LogP contribution in [0, 0.1) is 0 Å². The fraction of sp³-hybridized carbons (Fsp3) is 0.550. The first-order chi connectivity index (χ1) is 25.2. The zero-order valence-corrected chi connectivity index (χ0v) is 33.9. The van der Waals surface area contributed by atoms with Crippen molar-refractivity contribution in [1.82, 2.24) is 24.3 Å². The number of hydrogen-bond donors (Lipinski definition) is 1. The van der Waals surface area contributed by atoms with E-state index in [0.717, 1.165) is 47.1 Å². The fourth-order valence-corrected chi connectivity index (χ4v) is 6.30. The lowest BCUT2D eigenvalue weighted by Gasteiger charge is -2.41. The molecule has 13 nitrogen and oxygen atoms in total. The van der Waals surface area contributed by atoms with E-state index >= 15 is 0 Å². The number of aromatic nitrogens is 2. The lowest BCUT2D eigenvalue weighted by molar-refractivity contribution is -0.123. The molecule has 13 heteroatoms. The van der Waals surface area contributed by atoms with E-state index in [-0.39, 0.29) is 30.3 Å². The maximum atomic E-state index is 13.8. The average Bonchev–Trinajstić information content (AvgIpc) is 3.52. The summed E-state index contributed by atoms with van der Waals surface area (Å²) in [4.78, 5) is 66.9. The quantitative estimate of drug-likeness (QED) is 0.213. The number of hydrogen-bond acceptors (Lipinski definition) is 10. The van der Waals surface area contributed by atoms with Gasteiger partial charge in [-0.15, -0.1) is 0 Å². The number of piperazine rings is 1. The number of benzene rings is 1. The van der Waals surface area contributed by atoms with Gasteiger partial charge < -0.3 is 38.5 Å². The van der Waals surface area contributed by atoms with Gasteiger partial charge in [0, 0.05) is 72.9 Å². The maximum absolute atomic E-state index is 13.8. The van der Waals surface area contributed by atoms with E-state index in [1.54, 1.807) is 16.6 Å². The van der Waals surface area contributed by atoms with E-state index in [1.807, 2.05) is 85.5 Å². The lowest BCUT2D eigenvalue weighted by atomic mass is 9.79. The van der Waals surface area contributed by atoms with Crippen LogP contribution in [0.1, 0.15) is 91.0 Å². The highest BCUT2D eigenvalue weighted by Crippen LogP contribution is 2.38. The monoisotopic (exact) mass is 739 g/mol. The van der Waals surface area contributed by atoms with E-state index in [9.17, 15) is 14.4 Å². The van der Waals surface area contributed by atoms with Crippen molar-refractivity contribution in [3.63, 3.8) is 0 Å². The van der Waals surface area contributed by atoms with Gasteiger partial charge in [-0.2, -0.15) is 0 Å². The predicted octanol–water partition coefficient (Wildman–Crippen LogP) is 5.98. The van der Waals surface area contributed by atoms with Gasteiger partial charge in [-0.05, 0) is 78.0 Å². The summed E-state index contributed by atoms with van der Waals surface area (Å²) in [6, 6.07) is 7.70. The van der Waals surface area contributed by atoms with Crippen molar-refractivity contribution in [3.8, 4) is 17.1 Å². The van der Waals surface area contributed by atoms with Crippen molar-refractivity contribution < 1.29 is 33.8 Å². The van der Waals surface area contributed by atoms with Gasteiger partial charge in [0.2, 0.25) is 0 Å². The Hall–Kier alpha value is -4.46. The first kappa shape index (κ1) is 46.6. The highest BCUT2D eigenvalue weighted by Gasteiger charge is 2.34. The molecule has 53 heavy (non-hydrogen) atoms. The number of amides is 1. The first-order valence-corrected chi connectivity index (χ1v) is 18.1. The van der Waals surface area contributed by atoms with Crippen molar-refractivity contribution in [1.29, 1.82) is 0 Å². The molecule has 2 aliphatic heterocycles. The number of methoxy groups -OCH3 is 1. The van der Waals surface area contributed by atoms with Crippen LogP contribution in [0.15, 0.2) is 29.1 Å². The summed E-state index contributed by atoms with van der Waals surface area (Å²) >= 11 is 0. The van der Waals surface area contributed by atoms with Gasteiger partial charge in [-0.1, -0.05) is 34.6 Å². The van der Waals surface area contributed by atoms with Crippen molar-refractivity contribution >= 4 is 36.5 Å². The summed E-state index contributed by atoms with van der Waals surface area (Å²) in [5, 5.41) is 7.77. The molecule has 1 fully saturated rings. The Kier molecular flexibility index (Phi) is 18.7. The molecule has 1 saturated heterocycles. The van der Waals surface area contributed by atoms with Crippen molar-refractivity contribution in [2.75, 3.05) is 47.4 Å². The van der Waals surface area contributed by atoms with Gasteiger partial charge in [0.1, 0.15) is 18.8 Å². The van der Waals surface area contributed by atoms with Gasteiger partial charge in [0.15, 0.2) is 0 Å². The van der Waals surface area contributed by atoms with Crippen molar-refractivity contribution in [2.24, 2.45) is 0 Å². The van der Waals surface area contributed by atoms with E-state index in [4.69, 9.17) is 29.2 Å². The average molecular weight is 740 g/mol. The molecule has 1 amide bonds. The zero-order chi connectivity index (χ0) is 40.7. The fourth-order valence-electron chi connectivity index (χ4n) is 6.30. The molecule has 0 radical (unpaired) electrons. The van der Waals surface area contributed by atoms with Gasteiger partial charge in [-0.25, -0.2) is 9.78 Å². The third kappa shape index (κ3) is 10.8. The second-order valence-electron chi connectivity index (χ2n) is 13.6. The maximum Gasteiger partial charge on any atom is 0.415 e. The second-order valence-corrected chi connectivity index (χ2v) is 13.6. The van der Waals surface area contributed by atoms with Crippen LogP contribution in [0.4, 0.5) is 4.79 Å². The number of ether oxygens (including phenoxy) is 2. The van der Waals surface area contributed by atoms with E-state index in [2.05, 4.69) is 31.7 Å². The largest absolute Gasteiger partial charge is 0.483 e. The Morgan fingerprint density at radius 2 is 1.58 bits per heavy atom. The molecule has 1 atom stereocenters. The summed E-state index contributed by atoms with van der Waals surface area (Å²) in [5.41, 5.74) is 4.19. The smallest absolute Gasteiger partial charge is 0.415 e. The Labute approximate surface area is 314 Å². The van der Waals surface area contributed by atoms with Crippen LogP contribution in [-0.4, -0.2) is 108 Å². The molecule has 0 bridgehead atoms. The van der Waals surface area contributed by atoms with Gasteiger partial charge in [0.25, 0.3) is 12.0 Å². The molecule has 3 aromatic rings. The van der Waals surface area contributed by atoms with E-state index in [0.29, 0.717) is 55.2 Å². The number of aldehydes is 1. The van der Waals surface area contributed by atoms with Crippen LogP contribution in [-0.2, 0) is 44.2 Å². The van der Waals surface area contributed by atoms with Crippen LogP contribution in [0.25, 0.3) is 22.3 Å². The van der Waals surface area contributed by atoms with Gasteiger partial charge in [0.05, 0.1) is 30.1 Å². The lowest BCUT2D eigenvalue weighted by Crippen LogP contribution is -2.55. The molecular formula is C40H61N5O8. The van der Waals surface area contributed by atoms with Crippen LogP contribution < -0.4 is 10.3 Å². The van der Waals surface area contributed by atoms with Crippen molar-refractivity contribution in [3.05, 3.63) is 56.9 Å². The standard InChI is InChI=1S/C34H45N5O5.2C2H6.CH2O2.CH2O/c1-9-34(5,21-40)26-17-28-30-22(18-39(28)31(41)25(26)20-43-8)16-23-24(19-36(6)7)29(11-10-27(23)35-30)44-32(42)37-12-14-38(15-13-37)33(2,3)4;2*1-2;2-1-3;1-2/h10-11,16-17,21H,9,12-15,18-20H2,1-8H3;2*1-2H3;1H,(H,2,3);1H2. The minimum atomic E-state index is -0.820. The molecule has 4 heterocycles. The summed E-state index contributed by atoms with van der Waals surface area (Å²) in [7, 11) is 5.50. The molecule has 0 spiro atoms. The Morgan fingerprint density at radius 1 is 1.00 bits per heavy atom. The number of carbonyl (C=O) groups excluding carboxylic acids is 3. The third-order valence-corrected chi connectivity index (χ3v) is 9.17. The molecule has 5 rings (SSSR count). The highest BCUT2D eigenvalue weighted by molar-refractivity contribution is 5.89. The van der Waals surface area contributed by atoms with Crippen LogP contribution in [0.5, 0.6) is 5.75 Å². The Bertz CT molecular complexity index is 1720. The van der Waals surface area contributed by atoms with E-state index < -0.39 is 5.41 Å². The molecule has 2 aromatic heterocycles. The normalized spacial score (nSPS) is 14.3. The summed E-state index contributed by atoms with van der Waals surface area (Å²) in [6.07, 6.45) is 1.12. The van der Waals surface area contributed by atoms with Crippen LogP contribution >= 0.6 is 0 Å². The number of carboxylic acid groups (broad SMARTS) is 1. The highest BCUT2D eigenvalue weighted by atomic mass is 16.6. The summed E-state index contributed by atoms with van der Waals surface area (Å²) in [5.74, 6) is 0.512. The molecule has 1 aromatic carbocycles. The first-order valence-electron chi connectivity index (χ1n) is 18.1. The van der Waals surface area contributed by atoms with Gasteiger partial charge >= 0.3 is 6.09 Å². The molecule has 1 unspecified atom stereocenters.